The van der Waals surface area contributed by atoms with E-state index in [0.29, 0.717) is 22.8 Å². The molecule has 40 heavy (non-hydrogen) atoms. The van der Waals surface area contributed by atoms with Gasteiger partial charge in [-0.15, -0.1) is 0 Å². The van der Waals surface area contributed by atoms with Gasteiger partial charge in [0, 0.05) is 41.2 Å². The fourth-order valence-electron chi connectivity index (χ4n) is 5.65. The smallest absolute Gasteiger partial charge is 0.401 e. The SMILES string of the molecule is O=C(COc1ccc(Cl)c(F)c1)NC1CC(NC(=O)[C@@H]2C[C@@H](NCC(F)(F)F)c3cc(Cl)ccc3O2)C2CC1C2. The van der Waals surface area contributed by atoms with Crippen LogP contribution < -0.4 is 25.4 Å². The first kappa shape index (κ1) is 28.8. The largest absolute Gasteiger partial charge is 0.484 e. The van der Waals surface area contributed by atoms with Gasteiger partial charge in [0.1, 0.15) is 17.3 Å². The summed E-state index contributed by atoms with van der Waals surface area (Å²) >= 11 is 11.7. The molecule has 3 N–H and O–H groups in total. The van der Waals surface area contributed by atoms with Crippen LogP contribution in [0.1, 0.15) is 37.3 Å². The monoisotopic (exact) mass is 603 g/mol. The first-order valence-corrected chi connectivity index (χ1v) is 13.6. The third kappa shape index (κ3) is 6.75. The van der Waals surface area contributed by atoms with Gasteiger partial charge in [-0.25, -0.2) is 4.39 Å². The fourth-order valence-corrected chi connectivity index (χ4v) is 5.95. The zero-order chi connectivity index (χ0) is 28.6. The van der Waals surface area contributed by atoms with Crippen LogP contribution in [0.15, 0.2) is 36.4 Å². The maximum absolute atomic E-state index is 13.6. The number of ether oxygens (including phenoxy) is 2. The lowest BCUT2D eigenvalue weighted by Crippen LogP contribution is -2.61. The second kappa shape index (κ2) is 11.6. The first-order valence-electron chi connectivity index (χ1n) is 12.9. The lowest BCUT2D eigenvalue weighted by atomic mass is 9.60. The number of benzene rings is 2. The minimum Gasteiger partial charge on any atom is -0.484 e. The number of amides is 2. The summed E-state index contributed by atoms with van der Waals surface area (Å²) < 4.78 is 63.6. The lowest BCUT2D eigenvalue weighted by Gasteiger charge is -2.51. The van der Waals surface area contributed by atoms with Crippen molar-refractivity contribution < 1.29 is 36.6 Å². The van der Waals surface area contributed by atoms with E-state index < -0.39 is 36.6 Å². The van der Waals surface area contributed by atoms with E-state index in [1.54, 1.807) is 12.1 Å². The standard InChI is InChI=1S/C27H27Cl2F4N3O4/c28-15-1-4-23-17(7-15)22(34-12-27(31,32)33)10-24(40-23)26(38)36-21-9-20(13-5-14(21)6-13)35-25(37)11-39-16-2-3-18(29)19(30)8-16/h1-4,7-8,13-14,20-22,24,34H,5-6,9-12H2,(H,35,37)(H,36,38)/t13?,14?,20?,21?,22-,24+/m1/s1. The van der Waals surface area contributed by atoms with Crippen LogP contribution in [0, 0.1) is 17.7 Å². The number of fused-ring (bicyclic) bond motifs is 3. The van der Waals surface area contributed by atoms with Crippen molar-refractivity contribution in [2.45, 2.75) is 56.1 Å². The van der Waals surface area contributed by atoms with Gasteiger partial charge >= 0.3 is 6.18 Å². The van der Waals surface area contributed by atoms with Gasteiger partial charge in [0.25, 0.3) is 11.8 Å². The quantitative estimate of drug-likeness (QED) is 0.371. The molecule has 13 heteroatoms. The Kier molecular flexibility index (Phi) is 8.35. The number of nitrogens with one attached hydrogen (secondary N) is 3. The van der Waals surface area contributed by atoms with Gasteiger partial charge in [-0.05, 0) is 61.4 Å². The molecular weight excluding hydrogens is 577 g/mol. The number of carbonyl (C=O) groups is 2. The summed E-state index contributed by atoms with van der Waals surface area (Å²) in [7, 11) is 0. The van der Waals surface area contributed by atoms with Crippen molar-refractivity contribution in [2.24, 2.45) is 11.8 Å². The van der Waals surface area contributed by atoms with Crippen molar-refractivity contribution in [3.8, 4) is 11.5 Å². The van der Waals surface area contributed by atoms with Gasteiger partial charge in [0.15, 0.2) is 12.7 Å². The maximum atomic E-state index is 13.6. The molecule has 4 atom stereocenters. The van der Waals surface area contributed by atoms with Gasteiger partial charge in [0.05, 0.1) is 11.6 Å². The number of rotatable bonds is 8. The molecule has 1 aliphatic heterocycles. The summed E-state index contributed by atoms with van der Waals surface area (Å²) in [5.41, 5.74) is 0.464. The Hall–Kier alpha value is -2.76. The van der Waals surface area contributed by atoms with Gasteiger partial charge in [-0.2, -0.15) is 13.2 Å². The Labute approximate surface area is 237 Å². The predicted octanol–water partition coefficient (Wildman–Crippen LogP) is 4.96. The highest BCUT2D eigenvalue weighted by molar-refractivity contribution is 6.31. The molecule has 6 rings (SSSR count). The van der Waals surface area contributed by atoms with Crippen LogP contribution in [-0.4, -0.2) is 49.3 Å². The molecule has 2 unspecified atom stereocenters. The van der Waals surface area contributed by atoms with Crippen molar-refractivity contribution in [3.05, 3.63) is 57.8 Å². The molecule has 2 aromatic carbocycles. The fraction of sp³-hybridized carbons (Fsp3) is 0.481. The van der Waals surface area contributed by atoms with Crippen molar-refractivity contribution >= 4 is 35.0 Å². The zero-order valence-electron chi connectivity index (χ0n) is 21.1. The van der Waals surface area contributed by atoms with Crippen molar-refractivity contribution in [3.63, 3.8) is 0 Å². The van der Waals surface area contributed by atoms with Crippen LogP contribution in [0.3, 0.4) is 0 Å². The Morgan fingerprint density at radius 1 is 0.975 bits per heavy atom. The summed E-state index contributed by atoms with van der Waals surface area (Å²) in [4.78, 5) is 25.8. The molecule has 7 nitrogen and oxygen atoms in total. The number of hydrogen-bond donors (Lipinski definition) is 3. The van der Waals surface area contributed by atoms with E-state index in [1.165, 1.54) is 18.2 Å². The van der Waals surface area contributed by atoms with Gasteiger partial charge < -0.3 is 25.4 Å². The molecule has 0 aromatic heterocycles. The molecule has 0 radical (unpaired) electrons. The molecule has 1 heterocycles. The molecule has 2 bridgehead atoms. The van der Waals surface area contributed by atoms with Crippen LogP contribution >= 0.6 is 23.2 Å². The topological polar surface area (TPSA) is 88.7 Å². The van der Waals surface area contributed by atoms with Gasteiger partial charge in [-0.3, -0.25) is 9.59 Å². The second-order valence-corrected chi connectivity index (χ2v) is 11.3. The van der Waals surface area contributed by atoms with E-state index in [2.05, 4.69) is 16.0 Å². The maximum Gasteiger partial charge on any atom is 0.401 e. The molecule has 3 aliphatic carbocycles. The van der Waals surface area contributed by atoms with Crippen LogP contribution in [-0.2, 0) is 9.59 Å². The van der Waals surface area contributed by atoms with Gasteiger partial charge in [-0.1, -0.05) is 23.2 Å². The van der Waals surface area contributed by atoms with Crippen molar-refractivity contribution in [1.29, 1.82) is 0 Å². The molecule has 3 saturated carbocycles. The number of alkyl halides is 3. The summed E-state index contributed by atoms with van der Waals surface area (Å²) in [6.07, 6.45) is -3.29. The molecule has 3 fully saturated rings. The third-order valence-corrected chi connectivity index (χ3v) is 8.24. The van der Waals surface area contributed by atoms with E-state index in [1.807, 2.05) is 0 Å². The van der Waals surface area contributed by atoms with Crippen LogP contribution in [0.2, 0.25) is 10.0 Å². The Morgan fingerprint density at radius 2 is 1.70 bits per heavy atom. The molecular formula is C27H27Cl2F4N3O4. The Morgan fingerprint density at radius 3 is 2.40 bits per heavy atom. The summed E-state index contributed by atoms with van der Waals surface area (Å²) in [5.74, 6) is -0.462. The molecule has 2 amide bonds. The minimum atomic E-state index is -4.42. The van der Waals surface area contributed by atoms with Crippen molar-refractivity contribution in [2.75, 3.05) is 13.2 Å². The molecule has 216 valence electrons. The Balaban J connectivity index is 1.17. The van der Waals surface area contributed by atoms with Crippen molar-refractivity contribution in [1.82, 2.24) is 16.0 Å². The highest BCUT2D eigenvalue weighted by atomic mass is 35.5. The highest BCUT2D eigenvalue weighted by Gasteiger charge is 2.47. The van der Waals surface area contributed by atoms with E-state index in [-0.39, 0.29) is 53.6 Å². The number of carbonyl (C=O) groups excluding carboxylic acids is 2. The van der Waals surface area contributed by atoms with E-state index >= 15 is 0 Å². The first-order chi connectivity index (χ1) is 18.9. The normalized spacial score (nSPS) is 27.1. The molecule has 2 aromatic rings. The van der Waals surface area contributed by atoms with E-state index in [4.69, 9.17) is 32.7 Å². The van der Waals surface area contributed by atoms with Gasteiger partial charge in [0.2, 0.25) is 0 Å². The summed E-state index contributed by atoms with van der Waals surface area (Å²) in [6, 6.07) is 7.34. The molecule has 0 saturated heterocycles. The number of halogens is 6. The van der Waals surface area contributed by atoms with Crippen LogP contribution in [0.4, 0.5) is 17.6 Å². The molecule has 0 spiro atoms. The molecule has 4 aliphatic rings. The highest BCUT2D eigenvalue weighted by Crippen LogP contribution is 2.46. The second-order valence-electron chi connectivity index (χ2n) is 10.5. The predicted molar refractivity (Wildman–Crippen MR) is 139 cm³/mol. The summed E-state index contributed by atoms with van der Waals surface area (Å²) in [6.45, 7) is -1.53. The third-order valence-electron chi connectivity index (χ3n) is 7.70. The average Bonchev–Trinajstić information content (AvgIpc) is 2.86. The van der Waals surface area contributed by atoms with E-state index in [9.17, 15) is 27.2 Å². The van der Waals surface area contributed by atoms with Crippen LogP contribution in [0.5, 0.6) is 11.5 Å². The minimum absolute atomic E-state index is 0.00192. The lowest BCUT2D eigenvalue weighted by molar-refractivity contribution is -0.133. The summed E-state index contributed by atoms with van der Waals surface area (Å²) in [5, 5.41) is 8.73. The van der Waals surface area contributed by atoms with E-state index in [0.717, 1.165) is 18.9 Å². The zero-order valence-corrected chi connectivity index (χ0v) is 22.6. The van der Waals surface area contributed by atoms with Crippen LogP contribution in [0.25, 0.3) is 0 Å². The average molecular weight is 604 g/mol. The Bertz CT molecular complexity index is 1270. The number of hydrogen-bond acceptors (Lipinski definition) is 5.